The lowest BCUT2D eigenvalue weighted by molar-refractivity contribution is 0.303. The molecule has 0 atom stereocenters. The molecule has 1 fully saturated rings. The molecule has 2 heteroatoms. The van der Waals surface area contributed by atoms with Crippen molar-refractivity contribution >= 4 is 0 Å². The second kappa shape index (κ2) is 14.8. The van der Waals surface area contributed by atoms with Crippen LogP contribution in [0.25, 0.3) is 11.1 Å². The van der Waals surface area contributed by atoms with E-state index in [4.69, 9.17) is 10.00 Å². The number of unbranched alkanes of at least 4 members (excludes halogenated alkanes) is 7. The Labute approximate surface area is 202 Å². The third-order valence-corrected chi connectivity index (χ3v) is 7.33. The Hall–Kier alpha value is -2.27. The lowest BCUT2D eigenvalue weighted by Crippen LogP contribution is -2.13. The van der Waals surface area contributed by atoms with Crippen LogP contribution >= 0.6 is 0 Å². The molecule has 0 aliphatic heterocycles. The van der Waals surface area contributed by atoms with Crippen molar-refractivity contribution in [3.63, 3.8) is 0 Å². The summed E-state index contributed by atoms with van der Waals surface area (Å²) in [4.78, 5) is 0. The van der Waals surface area contributed by atoms with Crippen molar-refractivity contribution in [2.45, 2.75) is 103 Å². The maximum absolute atomic E-state index is 8.68. The molecule has 2 nitrogen and oxygen atoms in total. The fourth-order valence-electron chi connectivity index (χ4n) is 5.19. The van der Waals surface area contributed by atoms with E-state index >= 15 is 0 Å². The molecule has 1 saturated carbocycles. The highest BCUT2D eigenvalue weighted by Crippen LogP contribution is 2.38. The summed E-state index contributed by atoms with van der Waals surface area (Å²) in [5, 5.41) is 8.68. The molecule has 2 aromatic rings. The smallest absolute Gasteiger partial charge is 0.119 e. The van der Waals surface area contributed by atoms with Gasteiger partial charge in [0, 0.05) is 6.42 Å². The lowest BCUT2D eigenvalue weighted by atomic mass is 9.77. The van der Waals surface area contributed by atoms with Gasteiger partial charge in [0.2, 0.25) is 0 Å². The minimum absolute atomic E-state index is 0.715. The Bertz CT molecular complexity index is 809. The molecule has 2 aromatic carbocycles. The predicted octanol–water partition coefficient (Wildman–Crippen LogP) is 9.45. The topological polar surface area (TPSA) is 33.0 Å². The predicted molar refractivity (Wildman–Crippen MR) is 140 cm³/mol. The highest BCUT2D eigenvalue weighted by atomic mass is 16.5. The Morgan fingerprint density at radius 2 is 1.39 bits per heavy atom. The number of ether oxygens (including phenoxy) is 1. The molecule has 1 aliphatic rings. The van der Waals surface area contributed by atoms with E-state index in [1.54, 1.807) is 0 Å². The van der Waals surface area contributed by atoms with Crippen molar-refractivity contribution in [1.82, 2.24) is 0 Å². The molecule has 0 unspecified atom stereocenters. The van der Waals surface area contributed by atoms with Crippen LogP contribution < -0.4 is 4.74 Å². The van der Waals surface area contributed by atoms with Crippen LogP contribution in [0.4, 0.5) is 0 Å². The van der Waals surface area contributed by atoms with Gasteiger partial charge < -0.3 is 4.74 Å². The van der Waals surface area contributed by atoms with E-state index in [-0.39, 0.29) is 0 Å². The Kier molecular flexibility index (Phi) is 11.4. The quantitative estimate of drug-likeness (QED) is 0.271. The first-order chi connectivity index (χ1) is 16.3. The summed E-state index contributed by atoms with van der Waals surface area (Å²) in [5.41, 5.74) is 4.04. The molecule has 178 valence electrons. The number of hydrogen-bond acceptors (Lipinski definition) is 2. The van der Waals surface area contributed by atoms with Gasteiger partial charge >= 0.3 is 0 Å². The molecular formula is C31H43NO. The van der Waals surface area contributed by atoms with Crippen LogP contribution in [0.5, 0.6) is 5.75 Å². The standard InChI is InChI=1S/C31H43NO/c1-2-3-4-5-6-10-25-33-31-22-20-30(21-23-31)29-18-16-28(17-19-29)27-14-12-26(13-15-27)11-8-7-9-24-32/h16-23,26-27H,2-15,25H2,1H3. The van der Waals surface area contributed by atoms with Gasteiger partial charge in [-0.1, -0.05) is 88.3 Å². The number of nitriles is 1. The van der Waals surface area contributed by atoms with Crippen molar-refractivity contribution in [1.29, 1.82) is 5.26 Å². The van der Waals surface area contributed by atoms with Gasteiger partial charge in [0.25, 0.3) is 0 Å². The first-order valence-corrected chi connectivity index (χ1v) is 13.5. The van der Waals surface area contributed by atoms with Crippen molar-refractivity contribution in [2.24, 2.45) is 5.92 Å². The SMILES string of the molecule is CCCCCCCCOc1ccc(-c2ccc(C3CCC(CCCCC#N)CC3)cc2)cc1. The molecule has 0 aromatic heterocycles. The molecule has 0 saturated heterocycles. The highest BCUT2D eigenvalue weighted by Gasteiger charge is 2.22. The van der Waals surface area contributed by atoms with E-state index in [9.17, 15) is 0 Å². The van der Waals surface area contributed by atoms with Gasteiger partial charge in [-0.3, -0.25) is 0 Å². The molecule has 0 heterocycles. The summed E-state index contributed by atoms with van der Waals surface area (Å²) in [6.45, 7) is 3.08. The van der Waals surface area contributed by atoms with E-state index in [0.29, 0.717) is 5.92 Å². The molecule has 0 bridgehead atoms. The van der Waals surface area contributed by atoms with Crippen LogP contribution in [0.1, 0.15) is 108 Å². The highest BCUT2D eigenvalue weighted by molar-refractivity contribution is 5.64. The Balaban J connectivity index is 1.39. The third-order valence-electron chi connectivity index (χ3n) is 7.33. The molecule has 3 rings (SSSR count). The third kappa shape index (κ3) is 8.88. The van der Waals surface area contributed by atoms with Crippen LogP contribution in [0.2, 0.25) is 0 Å². The minimum Gasteiger partial charge on any atom is -0.494 e. The van der Waals surface area contributed by atoms with E-state index in [0.717, 1.165) is 37.5 Å². The molecule has 33 heavy (non-hydrogen) atoms. The van der Waals surface area contributed by atoms with Gasteiger partial charge in [-0.2, -0.15) is 5.26 Å². The maximum Gasteiger partial charge on any atom is 0.119 e. The maximum atomic E-state index is 8.68. The number of benzene rings is 2. The second-order valence-corrected chi connectivity index (χ2v) is 9.88. The van der Waals surface area contributed by atoms with Crippen molar-refractivity contribution in [3.05, 3.63) is 54.1 Å². The first-order valence-electron chi connectivity index (χ1n) is 13.5. The van der Waals surface area contributed by atoms with Gasteiger partial charge in [-0.15, -0.1) is 0 Å². The van der Waals surface area contributed by atoms with Crippen molar-refractivity contribution in [2.75, 3.05) is 6.61 Å². The lowest BCUT2D eigenvalue weighted by Gasteiger charge is -2.29. The Morgan fingerprint density at radius 3 is 2.06 bits per heavy atom. The van der Waals surface area contributed by atoms with Gasteiger partial charge in [0.15, 0.2) is 0 Å². The fourth-order valence-corrected chi connectivity index (χ4v) is 5.19. The second-order valence-electron chi connectivity index (χ2n) is 9.88. The van der Waals surface area contributed by atoms with E-state index in [1.807, 2.05) is 0 Å². The zero-order valence-corrected chi connectivity index (χ0v) is 20.7. The van der Waals surface area contributed by atoms with Crippen LogP contribution in [-0.2, 0) is 0 Å². The van der Waals surface area contributed by atoms with E-state index in [1.165, 1.54) is 87.3 Å². The van der Waals surface area contributed by atoms with Gasteiger partial charge in [-0.05, 0) is 79.2 Å². The molecule has 0 radical (unpaired) electrons. The van der Waals surface area contributed by atoms with Crippen LogP contribution in [-0.4, -0.2) is 6.61 Å². The molecule has 0 amide bonds. The van der Waals surface area contributed by atoms with E-state index in [2.05, 4.69) is 61.5 Å². The van der Waals surface area contributed by atoms with Crippen molar-refractivity contribution in [3.8, 4) is 22.9 Å². The Morgan fingerprint density at radius 1 is 0.758 bits per heavy atom. The number of nitrogens with zero attached hydrogens (tertiary/aromatic N) is 1. The monoisotopic (exact) mass is 445 g/mol. The largest absolute Gasteiger partial charge is 0.494 e. The van der Waals surface area contributed by atoms with Crippen LogP contribution in [0, 0.1) is 17.2 Å². The van der Waals surface area contributed by atoms with Gasteiger partial charge in [-0.25, -0.2) is 0 Å². The molecule has 0 N–H and O–H groups in total. The summed E-state index contributed by atoms with van der Waals surface area (Å²) in [6, 6.07) is 20.1. The van der Waals surface area contributed by atoms with Crippen LogP contribution in [0.15, 0.2) is 48.5 Å². The normalized spacial score (nSPS) is 18.1. The van der Waals surface area contributed by atoms with Gasteiger partial charge in [0.05, 0.1) is 12.7 Å². The fraction of sp³-hybridized carbons (Fsp3) is 0.581. The van der Waals surface area contributed by atoms with Crippen molar-refractivity contribution < 1.29 is 4.74 Å². The average Bonchev–Trinajstić information content (AvgIpc) is 2.87. The summed E-state index contributed by atoms with van der Waals surface area (Å²) in [6.07, 6.45) is 17.4. The number of rotatable bonds is 14. The molecule has 1 aliphatic carbocycles. The summed E-state index contributed by atoms with van der Waals surface area (Å²) in [5.74, 6) is 2.57. The molecule has 0 spiro atoms. The summed E-state index contributed by atoms with van der Waals surface area (Å²) < 4.78 is 5.93. The number of hydrogen-bond donors (Lipinski definition) is 0. The zero-order valence-electron chi connectivity index (χ0n) is 20.7. The summed E-state index contributed by atoms with van der Waals surface area (Å²) in [7, 11) is 0. The minimum atomic E-state index is 0.715. The average molecular weight is 446 g/mol. The van der Waals surface area contributed by atoms with Crippen LogP contribution in [0.3, 0.4) is 0 Å². The first kappa shape index (κ1) is 25.4. The summed E-state index contributed by atoms with van der Waals surface area (Å²) >= 11 is 0. The zero-order chi connectivity index (χ0) is 23.1. The van der Waals surface area contributed by atoms with Gasteiger partial charge in [0.1, 0.15) is 5.75 Å². The van der Waals surface area contributed by atoms with E-state index < -0.39 is 0 Å². The molecular weight excluding hydrogens is 402 g/mol.